The molecular weight excluding hydrogens is 212 g/mol. The maximum atomic E-state index is 11.1. The minimum atomic E-state index is 0.646. The van der Waals surface area contributed by atoms with E-state index < -0.39 is 0 Å². The Hall–Kier alpha value is -2.09. The smallest absolute Gasteiger partial charge is 0.150 e. The number of benzene rings is 2. The topological polar surface area (TPSA) is 26.3 Å². The molecule has 2 rings (SSSR count). The molecule has 0 bridgehead atoms. The summed E-state index contributed by atoms with van der Waals surface area (Å²) in [7, 11) is 1.59. The van der Waals surface area contributed by atoms with Crippen LogP contribution in [0.3, 0.4) is 0 Å². The van der Waals surface area contributed by atoms with Crippen LogP contribution in [0.1, 0.15) is 15.9 Å². The molecule has 0 aliphatic heterocycles. The highest BCUT2D eigenvalue weighted by Crippen LogP contribution is 2.26. The average molecular weight is 226 g/mol. The van der Waals surface area contributed by atoms with E-state index in [1.54, 1.807) is 13.2 Å². The van der Waals surface area contributed by atoms with Crippen molar-refractivity contribution in [3.63, 3.8) is 0 Å². The monoisotopic (exact) mass is 226 g/mol. The summed E-state index contributed by atoms with van der Waals surface area (Å²) >= 11 is 0. The van der Waals surface area contributed by atoms with Crippen molar-refractivity contribution in [3.8, 4) is 16.9 Å². The molecule has 0 N–H and O–H groups in total. The van der Waals surface area contributed by atoms with Gasteiger partial charge in [-0.3, -0.25) is 4.79 Å². The Morgan fingerprint density at radius 3 is 2.35 bits per heavy atom. The van der Waals surface area contributed by atoms with Gasteiger partial charge in [0.25, 0.3) is 0 Å². The fraction of sp³-hybridized carbons (Fsp3) is 0.133. The van der Waals surface area contributed by atoms with E-state index in [0.29, 0.717) is 11.3 Å². The maximum Gasteiger partial charge on any atom is 0.150 e. The van der Waals surface area contributed by atoms with Gasteiger partial charge in [-0.1, -0.05) is 29.8 Å². The van der Waals surface area contributed by atoms with Gasteiger partial charge in [0.15, 0.2) is 6.29 Å². The SMILES string of the molecule is COc1ccc(-c2ccc(C)cc2)c(C=O)c1. The molecule has 86 valence electrons. The number of methoxy groups -OCH3 is 1. The quantitative estimate of drug-likeness (QED) is 0.749. The molecule has 0 radical (unpaired) electrons. The van der Waals surface area contributed by atoms with E-state index in [9.17, 15) is 4.79 Å². The molecule has 0 aliphatic carbocycles. The number of carbonyl (C=O) groups excluding carboxylic acids is 1. The van der Waals surface area contributed by atoms with Crippen LogP contribution in [0.25, 0.3) is 11.1 Å². The Labute approximate surface area is 101 Å². The van der Waals surface area contributed by atoms with Gasteiger partial charge < -0.3 is 4.74 Å². The highest BCUT2D eigenvalue weighted by molar-refractivity contribution is 5.88. The first-order chi connectivity index (χ1) is 8.24. The van der Waals surface area contributed by atoms with Gasteiger partial charge in [-0.2, -0.15) is 0 Å². The van der Waals surface area contributed by atoms with Crippen molar-refractivity contribution in [2.75, 3.05) is 7.11 Å². The van der Waals surface area contributed by atoms with Crippen LogP contribution >= 0.6 is 0 Å². The molecule has 17 heavy (non-hydrogen) atoms. The molecule has 0 fully saturated rings. The second-order valence-electron chi connectivity index (χ2n) is 3.94. The molecule has 2 aromatic carbocycles. The van der Waals surface area contributed by atoms with Crippen molar-refractivity contribution in [1.82, 2.24) is 0 Å². The van der Waals surface area contributed by atoms with E-state index in [1.807, 2.05) is 43.3 Å². The molecule has 0 atom stereocenters. The number of rotatable bonds is 3. The highest BCUT2D eigenvalue weighted by Gasteiger charge is 2.05. The predicted molar refractivity (Wildman–Crippen MR) is 68.6 cm³/mol. The van der Waals surface area contributed by atoms with Crippen molar-refractivity contribution in [2.45, 2.75) is 6.92 Å². The van der Waals surface area contributed by atoms with Crippen LogP contribution in [0.15, 0.2) is 42.5 Å². The first-order valence-electron chi connectivity index (χ1n) is 5.45. The van der Waals surface area contributed by atoms with E-state index in [4.69, 9.17) is 4.74 Å². The van der Waals surface area contributed by atoms with Crippen molar-refractivity contribution in [2.24, 2.45) is 0 Å². The zero-order valence-corrected chi connectivity index (χ0v) is 9.94. The van der Waals surface area contributed by atoms with Crippen molar-refractivity contribution in [1.29, 1.82) is 0 Å². The lowest BCUT2D eigenvalue weighted by molar-refractivity contribution is 0.112. The van der Waals surface area contributed by atoms with Crippen molar-refractivity contribution < 1.29 is 9.53 Å². The molecule has 0 aliphatic rings. The molecule has 2 aromatic rings. The summed E-state index contributed by atoms with van der Waals surface area (Å²) in [6.45, 7) is 2.04. The average Bonchev–Trinajstić information content (AvgIpc) is 2.39. The number of aryl methyl sites for hydroxylation is 1. The van der Waals surface area contributed by atoms with Crippen LogP contribution in [0.2, 0.25) is 0 Å². The standard InChI is InChI=1S/C15H14O2/c1-11-3-5-12(6-4-11)15-8-7-14(17-2)9-13(15)10-16/h3-10H,1-2H3. The molecule has 0 unspecified atom stereocenters. The first kappa shape index (κ1) is 11.4. The predicted octanol–water partition coefficient (Wildman–Crippen LogP) is 3.48. The minimum Gasteiger partial charge on any atom is -0.497 e. The second-order valence-corrected chi connectivity index (χ2v) is 3.94. The van der Waals surface area contributed by atoms with Gasteiger partial charge in [0, 0.05) is 5.56 Å². The summed E-state index contributed by atoms with van der Waals surface area (Å²) < 4.78 is 5.11. The number of ether oxygens (including phenoxy) is 1. The van der Waals surface area contributed by atoms with Crippen LogP contribution in [0.4, 0.5) is 0 Å². The molecule has 2 nitrogen and oxygen atoms in total. The number of hydrogen-bond acceptors (Lipinski definition) is 2. The Morgan fingerprint density at radius 1 is 1.06 bits per heavy atom. The largest absolute Gasteiger partial charge is 0.497 e. The van der Waals surface area contributed by atoms with Crippen molar-refractivity contribution >= 4 is 6.29 Å². The van der Waals surface area contributed by atoms with Gasteiger partial charge in [0.1, 0.15) is 5.75 Å². The third-order valence-electron chi connectivity index (χ3n) is 2.75. The summed E-state index contributed by atoms with van der Waals surface area (Å²) in [5.74, 6) is 0.697. The van der Waals surface area contributed by atoms with Gasteiger partial charge >= 0.3 is 0 Å². The third kappa shape index (κ3) is 2.36. The van der Waals surface area contributed by atoms with Gasteiger partial charge in [-0.15, -0.1) is 0 Å². The van der Waals surface area contributed by atoms with E-state index in [0.717, 1.165) is 17.4 Å². The van der Waals surface area contributed by atoms with Crippen molar-refractivity contribution in [3.05, 3.63) is 53.6 Å². The molecule has 0 saturated carbocycles. The zero-order chi connectivity index (χ0) is 12.3. The van der Waals surface area contributed by atoms with Crippen LogP contribution in [-0.2, 0) is 0 Å². The molecule has 0 amide bonds. The fourth-order valence-corrected chi connectivity index (χ4v) is 1.76. The summed E-state index contributed by atoms with van der Waals surface area (Å²) in [5.41, 5.74) is 3.82. The molecule has 0 aromatic heterocycles. The lowest BCUT2D eigenvalue weighted by atomic mass is 9.99. The van der Waals surface area contributed by atoms with E-state index in [-0.39, 0.29) is 0 Å². The van der Waals surface area contributed by atoms with E-state index in [2.05, 4.69) is 0 Å². The Morgan fingerprint density at radius 2 is 1.76 bits per heavy atom. The first-order valence-corrected chi connectivity index (χ1v) is 5.45. The second kappa shape index (κ2) is 4.83. The summed E-state index contributed by atoms with van der Waals surface area (Å²) in [5, 5.41) is 0. The molecule has 2 heteroatoms. The Bertz CT molecular complexity index is 527. The van der Waals surface area contributed by atoms with Crippen LogP contribution < -0.4 is 4.74 Å². The third-order valence-corrected chi connectivity index (χ3v) is 2.75. The van der Waals surface area contributed by atoms with Crippen LogP contribution in [0.5, 0.6) is 5.75 Å². The summed E-state index contributed by atoms with van der Waals surface area (Å²) in [4.78, 5) is 11.1. The molecule has 0 heterocycles. The van der Waals surface area contributed by atoms with Crippen LogP contribution in [0, 0.1) is 6.92 Å². The van der Waals surface area contributed by atoms with Gasteiger partial charge in [0.05, 0.1) is 7.11 Å². The van der Waals surface area contributed by atoms with E-state index in [1.165, 1.54) is 5.56 Å². The number of aldehydes is 1. The van der Waals surface area contributed by atoms with Gasteiger partial charge in [-0.05, 0) is 36.2 Å². The Kier molecular flexibility index (Phi) is 3.24. The summed E-state index contributed by atoms with van der Waals surface area (Å²) in [6, 6.07) is 13.6. The van der Waals surface area contributed by atoms with Gasteiger partial charge in [0.2, 0.25) is 0 Å². The molecular formula is C15H14O2. The Balaban J connectivity index is 2.51. The van der Waals surface area contributed by atoms with E-state index >= 15 is 0 Å². The highest BCUT2D eigenvalue weighted by atomic mass is 16.5. The van der Waals surface area contributed by atoms with Crippen LogP contribution in [-0.4, -0.2) is 13.4 Å². The summed E-state index contributed by atoms with van der Waals surface area (Å²) in [6.07, 6.45) is 0.859. The fourth-order valence-electron chi connectivity index (χ4n) is 1.76. The number of carbonyl (C=O) groups is 1. The lowest BCUT2D eigenvalue weighted by Gasteiger charge is -2.07. The zero-order valence-electron chi connectivity index (χ0n) is 9.94. The lowest BCUT2D eigenvalue weighted by Crippen LogP contribution is -1.90. The minimum absolute atomic E-state index is 0.646. The number of hydrogen-bond donors (Lipinski definition) is 0. The molecule has 0 spiro atoms. The normalized spacial score (nSPS) is 10.0. The maximum absolute atomic E-state index is 11.1. The van der Waals surface area contributed by atoms with Gasteiger partial charge in [-0.25, -0.2) is 0 Å². The molecule has 0 saturated heterocycles.